The highest BCUT2D eigenvalue weighted by molar-refractivity contribution is 5.93. The molecular weight excluding hydrogens is 252 g/mol. The van der Waals surface area contributed by atoms with Crippen molar-refractivity contribution in [1.82, 2.24) is 9.97 Å². The number of benzene rings is 1. The summed E-state index contributed by atoms with van der Waals surface area (Å²) in [5.74, 6) is 0.625. The molecule has 0 radical (unpaired) electrons. The maximum absolute atomic E-state index is 7.45. The molecule has 2 rings (SSSR count). The van der Waals surface area contributed by atoms with Gasteiger partial charge in [-0.05, 0) is 56.5 Å². The van der Waals surface area contributed by atoms with Crippen LogP contribution in [0.4, 0.5) is 0 Å². The average molecular weight is 270 g/mol. The van der Waals surface area contributed by atoms with Crippen LogP contribution in [0, 0.1) is 33.1 Å². The molecule has 0 amide bonds. The van der Waals surface area contributed by atoms with Crippen molar-refractivity contribution in [3.05, 3.63) is 46.3 Å². The van der Waals surface area contributed by atoms with E-state index >= 15 is 0 Å². The number of rotatable bonds is 3. The van der Waals surface area contributed by atoms with Crippen LogP contribution in [0.1, 0.15) is 28.1 Å². The summed E-state index contributed by atoms with van der Waals surface area (Å²) in [6, 6.07) is 5.91. The van der Waals surface area contributed by atoms with Gasteiger partial charge in [0.1, 0.15) is 17.3 Å². The Kier molecular flexibility index (Phi) is 3.70. The molecule has 1 heterocycles. The third kappa shape index (κ3) is 2.93. The number of hydrogen-bond donors (Lipinski definition) is 2. The summed E-state index contributed by atoms with van der Waals surface area (Å²) in [5, 5.41) is 7.45. The average Bonchev–Trinajstić information content (AvgIpc) is 2.34. The van der Waals surface area contributed by atoms with E-state index in [1.165, 1.54) is 0 Å². The first-order valence-corrected chi connectivity index (χ1v) is 6.32. The second-order valence-electron chi connectivity index (χ2n) is 4.90. The molecule has 0 atom stereocenters. The molecule has 104 valence electrons. The van der Waals surface area contributed by atoms with Crippen molar-refractivity contribution < 1.29 is 4.74 Å². The molecule has 0 aliphatic heterocycles. The van der Waals surface area contributed by atoms with Gasteiger partial charge in [0.2, 0.25) is 0 Å². The van der Waals surface area contributed by atoms with Gasteiger partial charge in [-0.25, -0.2) is 4.98 Å². The number of ether oxygens (including phenoxy) is 1. The molecule has 3 N–H and O–H groups in total. The van der Waals surface area contributed by atoms with Crippen LogP contribution in [-0.2, 0) is 0 Å². The second kappa shape index (κ2) is 5.28. The van der Waals surface area contributed by atoms with Gasteiger partial charge < -0.3 is 10.5 Å². The molecule has 5 nitrogen and oxygen atoms in total. The fourth-order valence-corrected chi connectivity index (χ4v) is 1.93. The highest BCUT2D eigenvalue weighted by Gasteiger charge is 2.10. The van der Waals surface area contributed by atoms with Gasteiger partial charge in [0.05, 0.1) is 0 Å². The monoisotopic (exact) mass is 270 g/mol. The SMILES string of the molecule is Cc1cc(C)c(C)c(Oc2nc(C)cc(C(=N)N)n2)c1. The molecular formula is C15H18N4O. The first kappa shape index (κ1) is 14.0. The van der Waals surface area contributed by atoms with Gasteiger partial charge in [0.15, 0.2) is 0 Å². The van der Waals surface area contributed by atoms with E-state index in [1.807, 2.05) is 33.8 Å². The summed E-state index contributed by atoms with van der Waals surface area (Å²) < 4.78 is 5.77. The number of aromatic nitrogens is 2. The summed E-state index contributed by atoms with van der Waals surface area (Å²) in [5.41, 5.74) is 9.85. The maximum atomic E-state index is 7.45. The quantitative estimate of drug-likeness (QED) is 0.663. The zero-order chi connectivity index (χ0) is 14.9. The molecule has 1 aromatic carbocycles. The van der Waals surface area contributed by atoms with Gasteiger partial charge in [0.25, 0.3) is 0 Å². The van der Waals surface area contributed by atoms with Crippen LogP contribution >= 0.6 is 0 Å². The van der Waals surface area contributed by atoms with E-state index in [-0.39, 0.29) is 11.8 Å². The number of nitrogens with two attached hydrogens (primary N) is 1. The molecule has 0 unspecified atom stereocenters. The number of aryl methyl sites for hydroxylation is 3. The molecule has 2 aromatic rings. The summed E-state index contributed by atoms with van der Waals surface area (Å²) in [7, 11) is 0. The predicted octanol–water partition coefficient (Wildman–Crippen LogP) is 2.79. The third-order valence-corrected chi connectivity index (χ3v) is 3.07. The van der Waals surface area contributed by atoms with Gasteiger partial charge in [-0.2, -0.15) is 4.98 Å². The van der Waals surface area contributed by atoms with Crippen LogP contribution in [-0.4, -0.2) is 15.8 Å². The van der Waals surface area contributed by atoms with Crippen molar-refractivity contribution in [2.75, 3.05) is 0 Å². The van der Waals surface area contributed by atoms with Crippen LogP contribution in [0.2, 0.25) is 0 Å². The number of nitrogen functional groups attached to an aromatic ring is 1. The molecule has 0 aliphatic carbocycles. The lowest BCUT2D eigenvalue weighted by Crippen LogP contribution is -2.14. The van der Waals surface area contributed by atoms with E-state index in [4.69, 9.17) is 15.9 Å². The number of hydrogen-bond acceptors (Lipinski definition) is 4. The first-order chi connectivity index (χ1) is 9.36. The van der Waals surface area contributed by atoms with Crippen molar-refractivity contribution in [2.24, 2.45) is 5.73 Å². The fourth-order valence-electron chi connectivity index (χ4n) is 1.93. The normalized spacial score (nSPS) is 10.4. The van der Waals surface area contributed by atoms with Gasteiger partial charge in [-0.3, -0.25) is 5.41 Å². The second-order valence-corrected chi connectivity index (χ2v) is 4.90. The Hall–Kier alpha value is -2.43. The predicted molar refractivity (Wildman–Crippen MR) is 78.5 cm³/mol. The Morgan fingerprint density at radius 1 is 1.10 bits per heavy atom. The van der Waals surface area contributed by atoms with Crippen molar-refractivity contribution in [3.63, 3.8) is 0 Å². The minimum atomic E-state index is -0.0995. The van der Waals surface area contributed by atoms with Crippen molar-refractivity contribution >= 4 is 5.84 Å². The van der Waals surface area contributed by atoms with E-state index in [0.717, 1.165) is 22.4 Å². The van der Waals surface area contributed by atoms with Crippen LogP contribution < -0.4 is 10.5 Å². The van der Waals surface area contributed by atoms with Crippen LogP contribution in [0.25, 0.3) is 0 Å². The fraction of sp³-hybridized carbons (Fsp3) is 0.267. The highest BCUT2D eigenvalue weighted by atomic mass is 16.5. The molecule has 0 saturated carbocycles. The molecule has 0 fully saturated rings. The van der Waals surface area contributed by atoms with Crippen LogP contribution in [0.5, 0.6) is 11.8 Å². The van der Waals surface area contributed by atoms with E-state index in [0.29, 0.717) is 11.4 Å². The van der Waals surface area contributed by atoms with Crippen LogP contribution in [0.15, 0.2) is 18.2 Å². The molecule has 20 heavy (non-hydrogen) atoms. The van der Waals surface area contributed by atoms with Gasteiger partial charge in [-0.1, -0.05) is 6.07 Å². The Labute approximate surface area is 118 Å². The first-order valence-electron chi connectivity index (χ1n) is 6.32. The molecule has 0 spiro atoms. The minimum Gasteiger partial charge on any atom is -0.424 e. The zero-order valence-electron chi connectivity index (χ0n) is 12.1. The lowest BCUT2D eigenvalue weighted by atomic mass is 10.1. The van der Waals surface area contributed by atoms with Gasteiger partial charge in [0, 0.05) is 5.69 Å². The van der Waals surface area contributed by atoms with Crippen LogP contribution in [0.3, 0.4) is 0 Å². The number of nitrogens with one attached hydrogen (secondary N) is 1. The van der Waals surface area contributed by atoms with E-state index < -0.39 is 0 Å². The summed E-state index contributed by atoms with van der Waals surface area (Å²) in [6.45, 7) is 7.85. The molecule has 0 aliphatic rings. The lowest BCUT2D eigenvalue weighted by molar-refractivity contribution is 0.436. The molecule has 0 bridgehead atoms. The Bertz CT molecular complexity index is 680. The lowest BCUT2D eigenvalue weighted by Gasteiger charge is -2.11. The Morgan fingerprint density at radius 3 is 2.45 bits per heavy atom. The van der Waals surface area contributed by atoms with E-state index in [9.17, 15) is 0 Å². The van der Waals surface area contributed by atoms with Crippen molar-refractivity contribution in [2.45, 2.75) is 27.7 Å². The van der Waals surface area contributed by atoms with Gasteiger partial charge >= 0.3 is 6.01 Å². The largest absolute Gasteiger partial charge is 0.424 e. The van der Waals surface area contributed by atoms with Crippen molar-refractivity contribution in [1.29, 1.82) is 5.41 Å². The van der Waals surface area contributed by atoms with Crippen molar-refractivity contribution in [3.8, 4) is 11.8 Å². The standard InChI is InChI=1S/C15H18N4O/c1-8-5-9(2)11(4)13(6-8)20-15-18-10(3)7-12(19-15)14(16)17/h5-7H,1-4H3,(H3,16,17). The topological polar surface area (TPSA) is 84.9 Å². The minimum absolute atomic E-state index is 0.0995. The molecule has 1 aromatic heterocycles. The number of amidine groups is 1. The zero-order valence-corrected chi connectivity index (χ0v) is 12.1. The van der Waals surface area contributed by atoms with E-state index in [1.54, 1.807) is 6.07 Å². The summed E-state index contributed by atoms with van der Waals surface area (Å²) in [4.78, 5) is 8.37. The van der Waals surface area contributed by atoms with Gasteiger partial charge in [-0.15, -0.1) is 0 Å². The third-order valence-electron chi connectivity index (χ3n) is 3.07. The summed E-state index contributed by atoms with van der Waals surface area (Å²) in [6.07, 6.45) is 0. The Morgan fingerprint density at radius 2 is 1.80 bits per heavy atom. The Balaban J connectivity index is 2.42. The summed E-state index contributed by atoms with van der Waals surface area (Å²) >= 11 is 0. The molecule has 0 saturated heterocycles. The maximum Gasteiger partial charge on any atom is 0.322 e. The highest BCUT2D eigenvalue weighted by Crippen LogP contribution is 2.26. The number of nitrogens with zero attached hydrogens (tertiary/aromatic N) is 2. The smallest absolute Gasteiger partial charge is 0.322 e. The molecule has 5 heteroatoms. The van der Waals surface area contributed by atoms with E-state index in [2.05, 4.69) is 16.0 Å².